The summed E-state index contributed by atoms with van der Waals surface area (Å²) >= 11 is 9.67. The van der Waals surface area contributed by atoms with Crippen molar-refractivity contribution in [2.24, 2.45) is 0 Å². The van der Waals surface area contributed by atoms with Crippen LogP contribution in [0.2, 0.25) is 5.15 Å². The quantitative estimate of drug-likeness (QED) is 0.620. The van der Waals surface area contributed by atoms with E-state index in [4.69, 9.17) is 21.1 Å². The van der Waals surface area contributed by atoms with E-state index in [2.05, 4.69) is 25.9 Å². The van der Waals surface area contributed by atoms with Crippen molar-refractivity contribution in [2.45, 2.75) is 6.61 Å². The zero-order chi connectivity index (χ0) is 15.5. The van der Waals surface area contributed by atoms with Crippen LogP contribution in [0.5, 0.6) is 11.5 Å². The maximum atomic E-state index is 6.15. The first kappa shape index (κ1) is 15.1. The molecule has 0 aliphatic rings. The molecule has 0 saturated heterocycles. The molecule has 4 nitrogen and oxygen atoms in total. The highest BCUT2D eigenvalue weighted by molar-refractivity contribution is 9.10. The summed E-state index contributed by atoms with van der Waals surface area (Å²) in [7, 11) is 1.58. The van der Waals surface area contributed by atoms with E-state index < -0.39 is 0 Å². The Morgan fingerprint density at radius 3 is 2.64 bits per heavy atom. The van der Waals surface area contributed by atoms with Crippen LogP contribution in [0.1, 0.15) is 5.56 Å². The minimum Gasteiger partial charge on any atom is -0.496 e. The fourth-order valence-corrected chi connectivity index (χ4v) is 2.88. The van der Waals surface area contributed by atoms with Crippen molar-refractivity contribution in [1.82, 2.24) is 9.97 Å². The van der Waals surface area contributed by atoms with E-state index in [1.54, 1.807) is 13.2 Å². The number of hydrogen-bond donors (Lipinski definition) is 0. The second kappa shape index (κ2) is 6.50. The highest BCUT2D eigenvalue weighted by atomic mass is 79.9. The largest absolute Gasteiger partial charge is 0.496 e. The molecule has 0 fully saturated rings. The van der Waals surface area contributed by atoms with Crippen LogP contribution in [0.4, 0.5) is 0 Å². The van der Waals surface area contributed by atoms with Gasteiger partial charge in [-0.3, -0.25) is 0 Å². The number of rotatable bonds is 4. The average molecular weight is 380 g/mol. The van der Waals surface area contributed by atoms with Crippen LogP contribution in [-0.2, 0) is 6.61 Å². The monoisotopic (exact) mass is 378 g/mol. The summed E-state index contributed by atoms with van der Waals surface area (Å²) in [5.41, 5.74) is 1.73. The Morgan fingerprint density at radius 2 is 1.91 bits per heavy atom. The van der Waals surface area contributed by atoms with Crippen molar-refractivity contribution in [2.75, 3.05) is 7.11 Å². The number of fused-ring (bicyclic) bond motifs is 1. The van der Waals surface area contributed by atoms with Gasteiger partial charge < -0.3 is 9.47 Å². The SMILES string of the molecule is COc1cc(OCc2ccccc2)c(Br)c2ncnc(Cl)c12. The standard InChI is InChI=1S/C16H12BrClN2O2/c1-21-11-7-12(22-8-10-5-3-2-4-6-10)14(17)15-13(11)16(18)20-9-19-15/h2-7,9H,8H2,1H3. The second-order valence-corrected chi connectivity index (χ2v) is 5.70. The number of hydrogen-bond acceptors (Lipinski definition) is 4. The molecule has 0 aliphatic carbocycles. The van der Waals surface area contributed by atoms with E-state index in [0.29, 0.717) is 34.2 Å². The summed E-state index contributed by atoms with van der Waals surface area (Å²) in [6, 6.07) is 11.7. The van der Waals surface area contributed by atoms with Crippen LogP contribution in [0.15, 0.2) is 47.2 Å². The van der Waals surface area contributed by atoms with Gasteiger partial charge in [0, 0.05) is 6.07 Å². The predicted octanol–water partition coefficient (Wildman–Crippen LogP) is 4.63. The van der Waals surface area contributed by atoms with E-state index >= 15 is 0 Å². The lowest BCUT2D eigenvalue weighted by Gasteiger charge is -2.13. The minimum absolute atomic E-state index is 0.345. The van der Waals surface area contributed by atoms with Crippen LogP contribution in [0.3, 0.4) is 0 Å². The molecule has 0 spiro atoms. The highest BCUT2D eigenvalue weighted by Gasteiger charge is 2.16. The topological polar surface area (TPSA) is 44.2 Å². The fourth-order valence-electron chi connectivity index (χ4n) is 2.12. The summed E-state index contributed by atoms with van der Waals surface area (Å²) in [5, 5.41) is 1.00. The van der Waals surface area contributed by atoms with E-state index in [1.165, 1.54) is 6.33 Å². The van der Waals surface area contributed by atoms with Gasteiger partial charge in [0.05, 0.1) is 22.5 Å². The van der Waals surface area contributed by atoms with Crippen LogP contribution in [-0.4, -0.2) is 17.1 Å². The van der Waals surface area contributed by atoms with Crippen LogP contribution >= 0.6 is 27.5 Å². The number of halogens is 2. The molecule has 1 aromatic heterocycles. The number of aromatic nitrogens is 2. The van der Waals surface area contributed by atoms with Crippen molar-refractivity contribution in [3.63, 3.8) is 0 Å². The second-order valence-electron chi connectivity index (χ2n) is 4.55. The molecule has 22 heavy (non-hydrogen) atoms. The summed E-state index contributed by atoms with van der Waals surface area (Å²) in [6.45, 7) is 0.451. The summed E-state index contributed by atoms with van der Waals surface area (Å²) in [4.78, 5) is 8.26. The molecule has 0 unspecified atom stereocenters. The number of benzene rings is 2. The zero-order valence-corrected chi connectivity index (χ0v) is 14.1. The lowest BCUT2D eigenvalue weighted by Crippen LogP contribution is -1.98. The van der Waals surface area contributed by atoms with Gasteiger partial charge in [-0.2, -0.15) is 0 Å². The Morgan fingerprint density at radius 1 is 1.14 bits per heavy atom. The van der Waals surface area contributed by atoms with Crippen LogP contribution < -0.4 is 9.47 Å². The van der Waals surface area contributed by atoms with Gasteiger partial charge in [0.15, 0.2) is 0 Å². The first-order valence-corrected chi connectivity index (χ1v) is 7.71. The Balaban J connectivity index is 2.01. The molecule has 2 aromatic carbocycles. The van der Waals surface area contributed by atoms with E-state index in [1.807, 2.05) is 30.3 Å². The molecule has 3 aromatic rings. The van der Waals surface area contributed by atoms with Gasteiger partial charge in [-0.15, -0.1) is 0 Å². The Labute approximate surface area is 141 Å². The van der Waals surface area contributed by atoms with Crippen molar-refractivity contribution < 1.29 is 9.47 Å². The van der Waals surface area contributed by atoms with Crippen molar-refractivity contribution in [3.8, 4) is 11.5 Å². The maximum absolute atomic E-state index is 6.15. The third kappa shape index (κ3) is 2.87. The number of ether oxygens (including phenoxy) is 2. The third-order valence-electron chi connectivity index (χ3n) is 3.19. The van der Waals surface area contributed by atoms with Crippen molar-refractivity contribution >= 4 is 38.4 Å². The molecule has 1 heterocycles. The number of nitrogens with zero attached hydrogens (tertiary/aromatic N) is 2. The van der Waals surface area contributed by atoms with Crippen molar-refractivity contribution in [1.29, 1.82) is 0 Å². The molecule has 3 rings (SSSR count). The highest BCUT2D eigenvalue weighted by Crippen LogP contribution is 2.40. The molecule has 0 aliphatic heterocycles. The smallest absolute Gasteiger partial charge is 0.144 e. The van der Waals surface area contributed by atoms with Gasteiger partial charge >= 0.3 is 0 Å². The fraction of sp³-hybridized carbons (Fsp3) is 0.125. The molecular weight excluding hydrogens is 368 g/mol. The average Bonchev–Trinajstić information content (AvgIpc) is 2.56. The molecule has 0 N–H and O–H groups in total. The molecule has 0 radical (unpaired) electrons. The molecule has 112 valence electrons. The minimum atomic E-state index is 0.345. The lowest BCUT2D eigenvalue weighted by atomic mass is 10.2. The van der Waals surface area contributed by atoms with Gasteiger partial charge in [-0.1, -0.05) is 41.9 Å². The molecular formula is C16H12BrClN2O2. The Bertz CT molecular complexity index is 812. The lowest BCUT2D eigenvalue weighted by molar-refractivity contribution is 0.302. The van der Waals surface area contributed by atoms with E-state index in [-0.39, 0.29) is 0 Å². The first-order valence-electron chi connectivity index (χ1n) is 6.54. The third-order valence-corrected chi connectivity index (χ3v) is 4.24. The van der Waals surface area contributed by atoms with Gasteiger partial charge in [0.2, 0.25) is 0 Å². The van der Waals surface area contributed by atoms with E-state index in [0.717, 1.165) is 10.0 Å². The maximum Gasteiger partial charge on any atom is 0.144 e. The molecule has 0 saturated carbocycles. The Hall–Kier alpha value is -1.85. The van der Waals surface area contributed by atoms with E-state index in [9.17, 15) is 0 Å². The summed E-state index contributed by atoms with van der Waals surface area (Å²) < 4.78 is 12.0. The van der Waals surface area contributed by atoms with Crippen molar-refractivity contribution in [3.05, 3.63) is 57.9 Å². The van der Waals surface area contributed by atoms with Gasteiger partial charge in [0.25, 0.3) is 0 Å². The predicted molar refractivity (Wildman–Crippen MR) is 89.6 cm³/mol. The van der Waals surface area contributed by atoms with Gasteiger partial charge in [-0.25, -0.2) is 9.97 Å². The Kier molecular flexibility index (Phi) is 4.45. The zero-order valence-electron chi connectivity index (χ0n) is 11.7. The normalized spacial score (nSPS) is 10.7. The van der Waals surface area contributed by atoms with Crippen LogP contribution in [0.25, 0.3) is 10.9 Å². The first-order chi connectivity index (χ1) is 10.7. The van der Waals surface area contributed by atoms with Gasteiger partial charge in [0.1, 0.15) is 29.6 Å². The summed E-state index contributed by atoms with van der Waals surface area (Å²) in [5.74, 6) is 1.22. The summed E-state index contributed by atoms with van der Waals surface area (Å²) in [6.07, 6.45) is 1.41. The molecule has 0 bridgehead atoms. The van der Waals surface area contributed by atoms with Gasteiger partial charge in [-0.05, 0) is 21.5 Å². The number of methoxy groups -OCH3 is 1. The molecule has 6 heteroatoms. The molecule has 0 atom stereocenters. The molecule has 0 amide bonds. The van der Waals surface area contributed by atoms with Crippen LogP contribution in [0, 0.1) is 0 Å².